The molecule has 0 amide bonds. The lowest BCUT2D eigenvalue weighted by atomic mass is 9.93. The summed E-state index contributed by atoms with van der Waals surface area (Å²) >= 11 is 5.94. The molecule has 5 nitrogen and oxygen atoms in total. The van der Waals surface area contributed by atoms with E-state index >= 15 is 0 Å². The molecule has 1 unspecified atom stereocenters. The second-order valence-corrected chi connectivity index (χ2v) is 6.30. The van der Waals surface area contributed by atoms with Gasteiger partial charge in [0.1, 0.15) is 18.0 Å². The molecule has 2 N–H and O–H groups in total. The Kier molecular flexibility index (Phi) is 4.66. The lowest BCUT2D eigenvalue weighted by Crippen LogP contribution is -2.51. The summed E-state index contributed by atoms with van der Waals surface area (Å²) in [6.07, 6.45) is 3.43. The Bertz CT molecular complexity index is 605. The average Bonchev–Trinajstić information content (AvgIpc) is 2.98. The first-order valence-electron chi connectivity index (χ1n) is 7.44. The fourth-order valence-corrected chi connectivity index (χ4v) is 3.03. The fraction of sp³-hybridized carbons (Fsp3) is 0.438. The Labute approximate surface area is 134 Å². The van der Waals surface area contributed by atoms with Gasteiger partial charge in [-0.15, -0.1) is 0 Å². The molecule has 1 aromatic carbocycles. The van der Waals surface area contributed by atoms with Crippen molar-refractivity contribution in [1.29, 1.82) is 0 Å². The fourth-order valence-electron chi connectivity index (χ4n) is 2.85. The van der Waals surface area contributed by atoms with Crippen LogP contribution in [0.1, 0.15) is 18.5 Å². The number of likely N-dealkylation sites (tertiary alicyclic amines) is 1. The Hall–Kier alpha value is -1.56. The maximum atomic E-state index is 10.8. The van der Waals surface area contributed by atoms with Crippen LogP contribution in [-0.4, -0.2) is 45.5 Å². The number of H-pyrrole nitrogens is 1. The van der Waals surface area contributed by atoms with Gasteiger partial charge in [-0.2, -0.15) is 5.10 Å². The first kappa shape index (κ1) is 15.3. The van der Waals surface area contributed by atoms with Gasteiger partial charge >= 0.3 is 0 Å². The van der Waals surface area contributed by atoms with E-state index in [-0.39, 0.29) is 6.61 Å². The van der Waals surface area contributed by atoms with Crippen molar-refractivity contribution in [3.05, 3.63) is 47.2 Å². The van der Waals surface area contributed by atoms with E-state index in [2.05, 4.69) is 15.1 Å². The monoisotopic (exact) mass is 321 g/mol. The predicted molar refractivity (Wildman–Crippen MR) is 85.0 cm³/mol. The summed E-state index contributed by atoms with van der Waals surface area (Å²) in [4.78, 5) is 2.22. The summed E-state index contributed by atoms with van der Waals surface area (Å²) in [6, 6.07) is 9.20. The van der Waals surface area contributed by atoms with Crippen LogP contribution >= 0.6 is 11.6 Å². The van der Waals surface area contributed by atoms with Gasteiger partial charge in [0.25, 0.3) is 0 Å². The standard InChI is InChI=1S/C16H20ClN3O2/c17-13-3-1-4-15(9-13)22-12-16(21)6-2-8-20(11-16)10-14-5-7-18-19-14/h1,3-5,7,9,21H,2,6,8,10-12H2,(H,18,19). The number of nitrogens with zero attached hydrogens (tertiary/aromatic N) is 2. The average molecular weight is 322 g/mol. The van der Waals surface area contributed by atoms with E-state index in [0.717, 1.165) is 31.6 Å². The number of hydrogen-bond acceptors (Lipinski definition) is 4. The number of β-amino-alcohol motifs (C(OH)–C–C–N with tert-alkyl or cyclic N) is 1. The highest BCUT2D eigenvalue weighted by Crippen LogP contribution is 2.25. The lowest BCUT2D eigenvalue weighted by Gasteiger charge is -2.38. The first-order chi connectivity index (χ1) is 10.6. The number of aromatic amines is 1. The Balaban J connectivity index is 1.57. The largest absolute Gasteiger partial charge is 0.490 e. The highest BCUT2D eigenvalue weighted by Gasteiger charge is 2.34. The van der Waals surface area contributed by atoms with E-state index in [1.807, 2.05) is 18.2 Å². The van der Waals surface area contributed by atoms with E-state index < -0.39 is 5.60 Å². The molecule has 0 saturated carbocycles. The number of aliphatic hydroxyl groups is 1. The highest BCUT2D eigenvalue weighted by atomic mass is 35.5. The third-order valence-corrected chi connectivity index (χ3v) is 4.13. The quantitative estimate of drug-likeness (QED) is 0.888. The molecule has 2 aromatic rings. The van der Waals surface area contributed by atoms with Crippen molar-refractivity contribution in [3.63, 3.8) is 0 Å². The molecule has 22 heavy (non-hydrogen) atoms. The summed E-state index contributed by atoms with van der Waals surface area (Å²) in [5.74, 6) is 0.687. The van der Waals surface area contributed by atoms with Crippen LogP contribution in [0.15, 0.2) is 36.5 Å². The van der Waals surface area contributed by atoms with Gasteiger partial charge < -0.3 is 9.84 Å². The van der Waals surface area contributed by atoms with Crippen molar-refractivity contribution in [2.24, 2.45) is 0 Å². The topological polar surface area (TPSA) is 61.4 Å². The third kappa shape index (κ3) is 4.00. The molecule has 0 bridgehead atoms. The molecule has 0 radical (unpaired) electrons. The number of rotatable bonds is 5. The number of ether oxygens (including phenoxy) is 1. The van der Waals surface area contributed by atoms with E-state index in [9.17, 15) is 5.11 Å². The van der Waals surface area contributed by atoms with E-state index in [0.29, 0.717) is 17.3 Å². The molecule has 1 aromatic heterocycles. The zero-order valence-electron chi connectivity index (χ0n) is 12.3. The minimum Gasteiger partial charge on any atom is -0.490 e. The molecule has 1 fully saturated rings. The molecule has 3 rings (SSSR count). The zero-order valence-corrected chi connectivity index (χ0v) is 13.1. The number of halogens is 1. The van der Waals surface area contributed by atoms with E-state index in [1.165, 1.54) is 0 Å². The van der Waals surface area contributed by atoms with Gasteiger partial charge in [-0.3, -0.25) is 10.00 Å². The van der Waals surface area contributed by atoms with Gasteiger partial charge in [0, 0.05) is 30.0 Å². The van der Waals surface area contributed by atoms with Crippen molar-refractivity contribution in [1.82, 2.24) is 15.1 Å². The minimum absolute atomic E-state index is 0.271. The van der Waals surface area contributed by atoms with Crippen molar-refractivity contribution >= 4 is 11.6 Å². The van der Waals surface area contributed by atoms with Crippen molar-refractivity contribution in [2.75, 3.05) is 19.7 Å². The number of nitrogens with one attached hydrogen (secondary N) is 1. The van der Waals surface area contributed by atoms with Gasteiger partial charge in [0.05, 0.1) is 0 Å². The molecular formula is C16H20ClN3O2. The maximum Gasteiger partial charge on any atom is 0.120 e. The lowest BCUT2D eigenvalue weighted by molar-refractivity contribution is -0.0623. The first-order valence-corrected chi connectivity index (χ1v) is 7.82. The number of aromatic nitrogens is 2. The second kappa shape index (κ2) is 6.69. The highest BCUT2D eigenvalue weighted by molar-refractivity contribution is 6.30. The van der Waals surface area contributed by atoms with Gasteiger partial charge in [0.15, 0.2) is 0 Å². The summed E-state index contributed by atoms with van der Waals surface area (Å²) in [5, 5.41) is 18.3. The smallest absolute Gasteiger partial charge is 0.120 e. The molecule has 0 aliphatic carbocycles. The molecular weight excluding hydrogens is 302 g/mol. The number of piperidine rings is 1. The van der Waals surface area contributed by atoms with Crippen LogP contribution in [0.4, 0.5) is 0 Å². The van der Waals surface area contributed by atoms with Gasteiger partial charge in [-0.25, -0.2) is 0 Å². The summed E-state index contributed by atoms with van der Waals surface area (Å²) < 4.78 is 5.73. The van der Waals surface area contributed by atoms with Crippen molar-refractivity contribution in [3.8, 4) is 5.75 Å². The Morgan fingerprint density at radius 1 is 1.41 bits per heavy atom. The van der Waals surface area contributed by atoms with E-state index in [1.54, 1.807) is 18.3 Å². The predicted octanol–water partition coefficient (Wildman–Crippen LogP) is 2.47. The molecule has 2 heterocycles. The summed E-state index contributed by atoms with van der Waals surface area (Å²) in [5.41, 5.74) is 0.223. The second-order valence-electron chi connectivity index (χ2n) is 5.87. The van der Waals surface area contributed by atoms with Gasteiger partial charge in [-0.05, 0) is 43.7 Å². The van der Waals surface area contributed by atoms with Crippen molar-refractivity contribution in [2.45, 2.75) is 25.0 Å². The van der Waals surface area contributed by atoms with Crippen LogP contribution in [-0.2, 0) is 6.54 Å². The number of benzene rings is 1. The van der Waals surface area contributed by atoms with Crippen molar-refractivity contribution < 1.29 is 9.84 Å². The molecule has 6 heteroatoms. The van der Waals surface area contributed by atoms with Crippen LogP contribution in [0.5, 0.6) is 5.75 Å². The van der Waals surface area contributed by atoms with Crippen LogP contribution in [0.3, 0.4) is 0 Å². The van der Waals surface area contributed by atoms with E-state index in [4.69, 9.17) is 16.3 Å². The number of hydrogen-bond donors (Lipinski definition) is 2. The third-order valence-electron chi connectivity index (χ3n) is 3.89. The Morgan fingerprint density at radius 3 is 3.09 bits per heavy atom. The molecule has 1 saturated heterocycles. The maximum absolute atomic E-state index is 10.8. The zero-order chi connectivity index (χ0) is 15.4. The molecule has 1 aliphatic heterocycles. The molecule has 1 atom stereocenters. The minimum atomic E-state index is -0.833. The molecule has 1 aliphatic rings. The Morgan fingerprint density at radius 2 is 2.32 bits per heavy atom. The van der Waals surface area contributed by atoms with Crippen LogP contribution in [0, 0.1) is 0 Å². The van der Waals surface area contributed by atoms with Crippen LogP contribution in [0.25, 0.3) is 0 Å². The van der Waals surface area contributed by atoms with Crippen LogP contribution < -0.4 is 4.74 Å². The SMILES string of the molecule is OC1(COc2cccc(Cl)c2)CCCN(Cc2ccn[nH]2)C1. The van der Waals surface area contributed by atoms with Gasteiger partial charge in [0.2, 0.25) is 0 Å². The summed E-state index contributed by atoms with van der Waals surface area (Å²) in [6.45, 7) is 2.59. The van der Waals surface area contributed by atoms with Crippen LogP contribution in [0.2, 0.25) is 5.02 Å². The summed E-state index contributed by atoms with van der Waals surface area (Å²) in [7, 11) is 0. The normalized spacial score (nSPS) is 22.6. The molecule has 0 spiro atoms. The van der Waals surface area contributed by atoms with Gasteiger partial charge in [-0.1, -0.05) is 17.7 Å². The molecule has 118 valence electrons.